The highest BCUT2D eigenvalue weighted by molar-refractivity contribution is 7.99. The van der Waals surface area contributed by atoms with Gasteiger partial charge >= 0.3 is 0 Å². The third-order valence-corrected chi connectivity index (χ3v) is 5.15. The number of aromatic amines is 1. The van der Waals surface area contributed by atoms with Gasteiger partial charge in [-0.05, 0) is 55.9 Å². The molecular formula is C16H22N4S. The largest absolute Gasteiger partial charge is 0.382 e. The molecule has 1 aliphatic carbocycles. The molecule has 1 aliphatic rings. The first-order chi connectivity index (χ1) is 10.3. The van der Waals surface area contributed by atoms with Crippen molar-refractivity contribution in [3.63, 3.8) is 0 Å². The van der Waals surface area contributed by atoms with Crippen LogP contribution in [0.1, 0.15) is 39.0 Å². The van der Waals surface area contributed by atoms with Gasteiger partial charge in [0.2, 0.25) is 0 Å². The Morgan fingerprint density at radius 1 is 1.19 bits per heavy atom. The fourth-order valence-corrected chi connectivity index (χ4v) is 3.62. The van der Waals surface area contributed by atoms with E-state index < -0.39 is 0 Å². The minimum atomic E-state index is 0.639. The minimum Gasteiger partial charge on any atom is -0.382 e. The van der Waals surface area contributed by atoms with Crippen molar-refractivity contribution in [2.24, 2.45) is 5.92 Å². The number of rotatable bonds is 5. The van der Waals surface area contributed by atoms with E-state index in [0.29, 0.717) is 6.04 Å². The highest BCUT2D eigenvalue weighted by Crippen LogP contribution is 2.29. The minimum absolute atomic E-state index is 0.639. The quantitative estimate of drug-likeness (QED) is 0.863. The molecule has 0 radical (unpaired) electrons. The Morgan fingerprint density at radius 2 is 1.95 bits per heavy atom. The van der Waals surface area contributed by atoms with E-state index in [-0.39, 0.29) is 0 Å². The van der Waals surface area contributed by atoms with Crippen LogP contribution in [0.25, 0.3) is 0 Å². The van der Waals surface area contributed by atoms with E-state index in [9.17, 15) is 0 Å². The number of anilines is 1. The summed E-state index contributed by atoms with van der Waals surface area (Å²) in [6.45, 7) is 2.31. The third-order valence-electron chi connectivity index (χ3n) is 4.26. The van der Waals surface area contributed by atoms with Crippen molar-refractivity contribution in [2.45, 2.75) is 55.1 Å². The standard InChI is InChI=1S/C16H22N4S/c1-2-12-3-5-13(6-4-12)19-14-7-9-15(10-8-14)21-16-17-11-18-20-16/h7-13,19H,2-6H2,1H3,(H,17,18,20). The second kappa shape index (κ2) is 6.98. The van der Waals surface area contributed by atoms with Gasteiger partial charge in [-0.15, -0.1) is 0 Å². The molecule has 0 unspecified atom stereocenters. The lowest BCUT2D eigenvalue weighted by atomic mass is 9.84. The zero-order valence-corrected chi connectivity index (χ0v) is 13.2. The molecule has 0 atom stereocenters. The monoisotopic (exact) mass is 302 g/mol. The molecule has 112 valence electrons. The Labute approximate surface area is 130 Å². The predicted octanol–water partition coefficient (Wildman–Crippen LogP) is 4.34. The molecule has 0 amide bonds. The average molecular weight is 302 g/mol. The lowest BCUT2D eigenvalue weighted by Gasteiger charge is -2.29. The normalized spacial score (nSPS) is 22.1. The van der Waals surface area contributed by atoms with Gasteiger partial charge in [-0.25, -0.2) is 4.98 Å². The van der Waals surface area contributed by atoms with Gasteiger partial charge in [0.05, 0.1) is 0 Å². The molecule has 1 heterocycles. The number of hydrogen-bond acceptors (Lipinski definition) is 4. The Balaban J connectivity index is 1.53. The molecule has 1 aromatic heterocycles. The molecule has 1 fully saturated rings. The molecule has 0 bridgehead atoms. The van der Waals surface area contributed by atoms with E-state index >= 15 is 0 Å². The Hall–Kier alpha value is -1.49. The third kappa shape index (κ3) is 4.00. The van der Waals surface area contributed by atoms with Crippen LogP contribution in [-0.2, 0) is 0 Å². The average Bonchev–Trinajstić information content (AvgIpc) is 3.03. The molecular weight excluding hydrogens is 280 g/mol. The number of benzene rings is 1. The van der Waals surface area contributed by atoms with Crippen LogP contribution in [0, 0.1) is 5.92 Å². The highest BCUT2D eigenvalue weighted by Gasteiger charge is 2.19. The van der Waals surface area contributed by atoms with E-state index in [1.54, 1.807) is 11.8 Å². The van der Waals surface area contributed by atoms with Gasteiger partial charge in [0.15, 0.2) is 5.16 Å². The summed E-state index contributed by atoms with van der Waals surface area (Å²) in [4.78, 5) is 5.30. The lowest BCUT2D eigenvalue weighted by Crippen LogP contribution is -2.25. The maximum Gasteiger partial charge on any atom is 0.188 e. The number of nitrogens with zero attached hydrogens (tertiary/aromatic N) is 2. The topological polar surface area (TPSA) is 53.6 Å². The van der Waals surface area contributed by atoms with Crippen molar-refractivity contribution in [3.05, 3.63) is 30.6 Å². The fraction of sp³-hybridized carbons (Fsp3) is 0.500. The Morgan fingerprint density at radius 3 is 2.57 bits per heavy atom. The molecule has 3 rings (SSSR count). The van der Waals surface area contributed by atoms with Crippen LogP contribution >= 0.6 is 11.8 Å². The number of H-pyrrole nitrogens is 1. The first-order valence-corrected chi connectivity index (χ1v) is 8.55. The first kappa shape index (κ1) is 14.4. The van der Waals surface area contributed by atoms with Gasteiger partial charge < -0.3 is 5.32 Å². The second-order valence-corrected chi connectivity index (χ2v) is 6.75. The molecule has 2 N–H and O–H groups in total. The predicted molar refractivity (Wildman–Crippen MR) is 86.6 cm³/mol. The van der Waals surface area contributed by atoms with Crippen molar-refractivity contribution in [3.8, 4) is 0 Å². The van der Waals surface area contributed by atoms with Gasteiger partial charge in [-0.3, -0.25) is 5.10 Å². The van der Waals surface area contributed by atoms with Gasteiger partial charge in [0, 0.05) is 16.6 Å². The fourth-order valence-electron chi connectivity index (χ4n) is 2.93. The van der Waals surface area contributed by atoms with Crippen molar-refractivity contribution in [1.29, 1.82) is 0 Å². The van der Waals surface area contributed by atoms with Crippen molar-refractivity contribution in [1.82, 2.24) is 15.2 Å². The van der Waals surface area contributed by atoms with Gasteiger partial charge in [-0.1, -0.05) is 25.1 Å². The SMILES string of the molecule is CCC1CCC(Nc2ccc(Sc3ncn[nH]3)cc2)CC1. The molecule has 1 saturated carbocycles. The van der Waals surface area contributed by atoms with Gasteiger partial charge in [-0.2, -0.15) is 5.10 Å². The summed E-state index contributed by atoms with van der Waals surface area (Å²) in [6, 6.07) is 9.22. The van der Waals surface area contributed by atoms with Crippen LogP contribution in [0.3, 0.4) is 0 Å². The van der Waals surface area contributed by atoms with Crippen LogP contribution in [0.15, 0.2) is 40.6 Å². The smallest absolute Gasteiger partial charge is 0.188 e. The van der Waals surface area contributed by atoms with E-state index in [1.165, 1.54) is 49.0 Å². The van der Waals surface area contributed by atoms with Gasteiger partial charge in [0.1, 0.15) is 6.33 Å². The van der Waals surface area contributed by atoms with E-state index in [0.717, 1.165) is 11.1 Å². The van der Waals surface area contributed by atoms with Crippen molar-refractivity contribution >= 4 is 17.4 Å². The second-order valence-electron chi connectivity index (χ2n) is 5.69. The first-order valence-electron chi connectivity index (χ1n) is 7.73. The van der Waals surface area contributed by atoms with Crippen LogP contribution < -0.4 is 5.32 Å². The van der Waals surface area contributed by atoms with Crippen LogP contribution in [0.4, 0.5) is 5.69 Å². The summed E-state index contributed by atoms with van der Waals surface area (Å²) in [5.41, 5.74) is 1.22. The molecule has 0 aliphatic heterocycles. The summed E-state index contributed by atoms with van der Waals surface area (Å²) < 4.78 is 0. The van der Waals surface area contributed by atoms with Crippen LogP contribution in [-0.4, -0.2) is 21.2 Å². The summed E-state index contributed by atoms with van der Waals surface area (Å²) in [5, 5.41) is 11.2. The molecule has 2 aromatic rings. The van der Waals surface area contributed by atoms with Crippen molar-refractivity contribution < 1.29 is 0 Å². The molecule has 0 spiro atoms. The number of hydrogen-bond donors (Lipinski definition) is 2. The Bertz CT molecular complexity index is 530. The molecule has 4 nitrogen and oxygen atoms in total. The molecule has 0 saturated heterocycles. The van der Waals surface area contributed by atoms with Gasteiger partial charge in [0.25, 0.3) is 0 Å². The van der Waals surface area contributed by atoms with Crippen LogP contribution in [0.5, 0.6) is 0 Å². The molecule has 21 heavy (non-hydrogen) atoms. The number of nitrogens with one attached hydrogen (secondary N) is 2. The maximum atomic E-state index is 4.12. The Kier molecular flexibility index (Phi) is 4.80. The summed E-state index contributed by atoms with van der Waals surface area (Å²) in [7, 11) is 0. The molecule has 5 heteroatoms. The van der Waals surface area contributed by atoms with E-state index in [4.69, 9.17) is 0 Å². The highest BCUT2D eigenvalue weighted by atomic mass is 32.2. The summed E-state index contributed by atoms with van der Waals surface area (Å²) in [5.74, 6) is 0.948. The molecule has 1 aromatic carbocycles. The zero-order chi connectivity index (χ0) is 14.5. The van der Waals surface area contributed by atoms with Crippen molar-refractivity contribution in [2.75, 3.05) is 5.32 Å². The summed E-state index contributed by atoms with van der Waals surface area (Å²) in [6.07, 6.45) is 8.20. The van der Waals surface area contributed by atoms with E-state index in [1.807, 2.05) is 0 Å². The lowest BCUT2D eigenvalue weighted by molar-refractivity contribution is 0.330. The van der Waals surface area contributed by atoms with Crippen LogP contribution in [0.2, 0.25) is 0 Å². The zero-order valence-electron chi connectivity index (χ0n) is 12.4. The van der Waals surface area contributed by atoms with E-state index in [2.05, 4.69) is 51.7 Å². The maximum absolute atomic E-state index is 4.12. The summed E-state index contributed by atoms with van der Waals surface area (Å²) >= 11 is 1.60. The number of aromatic nitrogens is 3.